The molecule has 1 saturated heterocycles. The summed E-state index contributed by atoms with van der Waals surface area (Å²) >= 11 is 0. The SMILES string of the molecule is CCN(CC1CCCN1)S(=O)(=O)CCC(C)(C)C. The normalized spacial score (nSPS) is 21.7. The fourth-order valence-corrected chi connectivity index (χ4v) is 4.09. The lowest BCUT2D eigenvalue weighted by molar-refractivity contribution is 0.365. The first kappa shape index (κ1) is 15.9. The molecule has 0 radical (unpaired) electrons. The van der Waals surface area contributed by atoms with E-state index in [4.69, 9.17) is 0 Å². The quantitative estimate of drug-likeness (QED) is 0.805. The number of nitrogens with zero attached hydrogens (tertiary/aromatic N) is 1. The fourth-order valence-electron chi connectivity index (χ4n) is 2.16. The Morgan fingerprint density at radius 3 is 2.44 bits per heavy atom. The lowest BCUT2D eigenvalue weighted by Gasteiger charge is -2.26. The van der Waals surface area contributed by atoms with Gasteiger partial charge in [0.2, 0.25) is 10.0 Å². The smallest absolute Gasteiger partial charge is 0.214 e. The van der Waals surface area contributed by atoms with E-state index in [2.05, 4.69) is 26.1 Å². The minimum Gasteiger partial charge on any atom is -0.313 e. The molecule has 1 aliphatic rings. The summed E-state index contributed by atoms with van der Waals surface area (Å²) in [6.45, 7) is 10.4. The third-order valence-corrected chi connectivity index (χ3v) is 5.36. The Morgan fingerprint density at radius 1 is 1.33 bits per heavy atom. The van der Waals surface area contributed by atoms with Crippen LogP contribution in [0.3, 0.4) is 0 Å². The zero-order valence-corrected chi connectivity index (χ0v) is 13.0. The minimum atomic E-state index is -3.10. The maximum absolute atomic E-state index is 12.3. The Kier molecular flexibility index (Phi) is 5.62. The van der Waals surface area contributed by atoms with Crippen molar-refractivity contribution in [2.75, 3.05) is 25.4 Å². The molecule has 1 atom stereocenters. The first-order valence-corrected chi connectivity index (χ1v) is 8.57. The highest BCUT2D eigenvalue weighted by atomic mass is 32.2. The summed E-state index contributed by atoms with van der Waals surface area (Å²) in [6, 6.07) is 0.342. The largest absolute Gasteiger partial charge is 0.313 e. The van der Waals surface area contributed by atoms with E-state index in [0.29, 0.717) is 25.6 Å². The average molecular weight is 276 g/mol. The monoisotopic (exact) mass is 276 g/mol. The van der Waals surface area contributed by atoms with Crippen molar-refractivity contribution < 1.29 is 8.42 Å². The van der Waals surface area contributed by atoms with E-state index in [1.165, 1.54) is 0 Å². The van der Waals surface area contributed by atoms with Crippen molar-refractivity contribution in [2.24, 2.45) is 5.41 Å². The van der Waals surface area contributed by atoms with Gasteiger partial charge in [-0.1, -0.05) is 27.7 Å². The molecule has 0 aromatic rings. The van der Waals surface area contributed by atoms with Gasteiger partial charge in [-0.25, -0.2) is 12.7 Å². The molecule has 1 aliphatic heterocycles. The molecular formula is C13H28N2O2S. The Morgan fingerprint density at radius 2 is 2.00 bits per heavy atom. The lowest BCUT2D eigenvalue weighted by atomic mass is 9.94. The number of rotatable bonds is 6. The van der Waals surface area contributed by atoms with E-state index in [9.17, 15) is 8.42 Å². The Labute approximate surface area is 112 Å². The second-order valence-corrected chi connectivity index (χ2v) is 8.46. The summed E-state index contributed by atoms with van der Waals surface area (Å²) in [5.74, 6) is 0.261. The second-order valence-electron chi connectivity index (χ2n) is 6.37. The molecular weight excluding hydrogens is 248 g/mol. The lowest BCUT2D eigenvalue weighted by Crippen LogP contribution is -2.42. The molecule has 0 saturated carbocycles. The van der Waals surface area contributed by atoms with Crippen LogP contribution in [0.25, 0.3) is 0 Å². The highest BCUT2D eigenvalue weighted by molar-refractivity contribution is 7.89. The summed E-state index contributed by atoms with van der Waals surface area (Å²) in [4.78, 5) is 0. The molecule has 0 aromatic carbocycles. The maximum Gasteiger partial charge on any atom is 0.214 e. The first-order chi connectivity index (χ1) is 8.24. The van der Waals surface area contributed by atoms with Crippen molar-refractivity contribution >= 4 is 10.0 Å². The topological polar surface area (TPSA) is 49.4 Å². The van der Waals surface area contributed by atoms with Crippen LogP contribution < -0.4 is 5.32 Å². The van der Waals surface area contributed by atoms with E-state index in [0.717, 1.165) is 19.4 Å². The van der Waals surface area contributed by atoms with Gasteiger partial charge in [0.1, 0.15) is 0 Å². The van der Waals surface area contributed by atoms with E-state index >= 15 is 0 Å². The molecule has 0 spiro atoms. The van der Waals surface area contributed by atoms with Crippen LogP contribution in [0.2, 0.25) is 0 Å². The van der Waals surface area contributed by atoms with Gasteiger partial charge in [-0.3, -0.25) is 0 Å². The van der Waals surface area contributed by atoms with Gasteiger partial charge in [-0.05, 0) is 31.2 Å². The summed E-state index contributed by atoms with van der Waals surface area (Å²) in [7, 11) is -3.10. The zero-order chi connectivity index (χ0) is 13.8. The summed E-state index contributed by atoms with van der Waals surface area (Å²) in [5.41, 5.74) is 0.0675. The maximum atomic E-state index is 12.3. The molecule has 108 valence electrons. The van der Waals surface area contributed by atoms with Crippen LogP contribution in [0.4, 0.5) is 0 Å². The van der Waals surface area contributed by atoms with Gasteiger partial charge < -0.3 is 5.32 Å². The van der Waals surface area contributed by atoms with Gasteiger partial charge in [0.05, 0.1) is 5.75 Å². The number of hydrogen-bond acceptors (Lipinski definition) is 3. The third kappa shape index (κ3) is 5.24. The standard InChI is InChI=1S/C13H28N2O2S/c1-5-15(11-12-7-6-9-14-12)18(16,17)10-8-13(2,3)4/h12,14H,5-11H2,1-4H3. The van der Waals surface area contributed by atoms with E-state index in [1.54, 1.807) is 4.31 Å². The molecule has 1 N–H and O–H groups in total. The van der Waals surface area contributed by atoms with Gasteiger partial charge in [-0.2, -0.15) is 0 Å². The molecule has 1 heterocycles. The number of sulfonamides is 1. The van der Waals surface area contributed by atoms with Crippen molar-refractivity contribution in [3.05, 3.63) is 0 Å². The van der Waals surface area contributed by atoms with E-state index in [-0.39, 0.29) is 11.2 Å². The molecule has 5 heteroatoms. The molecule has 0 aliphatic carbocycles. The van der Waals surface area contributed by atoms with Crippen LogP contribution in [0, 0.1) is 5.41 Å². The minimum absolute atomic E-state index is 0.0675. The Hall–Kier alpha value is -0.130. The third-order valence-electron chi connectivity index (χ3n) is 3.44. The van der Waals surface area contributed by atoms with Gasteiger partial charge in [0.15, 0.2) is 0 Å². The number of likely N-dealkylation sites (N-methyl/N-ethyl adjacent to an activating group) is 1. The van der Waals surface area contributed by atoms with Crippen LogP contribution >= 0.6 is 0 Å². The van der Waals surface area contributed by atoms with Gasteiger partial charge in [0, 0.05) is 19.1 Å². The molecule has 0 aromatic heterocycles. The van der Waals surface area contributed by atoms with Gasteiger partial charge in [-0.15, -0.1) is 0 Å². The number of hydrogen-bond donors (Lipinski definition) is 1. The molecule has 0 amide bonds. The van der Waals surface area contributed by atoms with Gasteiger partial charge in [0.25, 0.3) is 0 Å². The van der Waals surface area contributed by atoms with E-state index < -0.39 is 10.0 Å². The predicted molar refractivity (Wildman–Crippen MR) is 76.1 cm³/mol. The molecule has 18 heavy (non-hydrogen) atoms. The second kappa shape index (κ2) is 6.35. The van der Waals surface area contributed by atoms with Crippen LogP contribution in [0.5, 0.6) is 0 Å². The van der Waals surface area contributed by atoms with Crippen molar-refractivity contribution in [3.8, 4) is 0 Å². The summed E-state index contributed by atoms with van der Waals surface area (Å²) < 4.78 is 26.2. The number of nitrogens with one attached hydrogen (secondary N) is 1. The van der Waals surface area contributed by atoms with Crippen LogP contribution in [-0.2, 0) is 10.0 Å². The van der Waals surface area contributed by atoms with Crippen molar-refractivity contribution in [2.45, 2.75) is 53.0 Å². The zero-order valence-electron chi connectivity index (χ0n) is 12.2. The van der Waals surface area contributed by atoms with Crippen molar-refractivity contribution in [1.82, 2.24) is 9.62 Å². The summed E-state index contributed by atoms with van der Waals surface area (Å²) in [6.07, 6.45) is 2.96. The molecule has 1 rings (SSSR count). The molecule has 1 unspecified atom stereocenters. The highest BCUT2D eigenvalue weighted by Gasteiger charge is 2.26. The van der Waals surface area contributed by atoms with Crippen LogP contribution in [0.1, 0.15) is 47.0 Å². The molecule has 0 bridgehead atoms. The fraction of sp³-hybridized carbons (Fsp3) is 1.00. The van der Waals surface area contributed by atoms with Gasteiger partial charge >= 0.3 is 0 Å². The summed E-state index contributed by atoms with van der Waals surface area (Å²) in [5, 5.41) is 3.36. The van der Waals surface area contributed by atoms with Crippen molar-refractivity contribution in [3.63, 3.8) is 0 Å². The highest BCUT2D eigenvalue weighted by Crippen LogP contribution is 2.21. The van der Waals surface area contributed by atoms with Crippen LogP contribution in [-0.4, -0.2) is 44.2 Å². The predicted octanol–water partition coefficient (Wildman–Crippen LogP) is 1.83. The van der Waals surface area contributed by atoms with Crippen LogP contribution in [0.15, 0.2) is 0 Å². The van der Waals surface area contributed by atoms with E-state index in [1.807, 2.05) is 6.92 Å². The average Bonchev–Trinajstić information content (AvgIpc) is 2.75. The molecule has 4 nitrogen and oxygen atoms in total. The Balaban J connectivity index is 2.56. The first-order valence-electron chi connectivity index (χ1n) is 6.96. The Bertz CT molecular complexity index is 340. The van der Waals surface area contributed by atoms with Crippen molar-refractivity contribution in [1.29, 1.82) is 0 Å². The molecule has 1 fully saturated rings.